The smallest absolute Gasteiger partial charge is 0.240 e. The number of nitrogen functional groups attached to an aromatic ring is 1. The molecule has 0 aliphatic carbocycles. The molecule has 0 aromatic carbocycles. The van der Waals surface area contributed by atoms with Crippen molar-refractivity contribution in [1.82, 2.24) is 9.97 Å². The van der Waals surface area contributed by atoms with Gasteiger partial charge in [-0.1, -0.05) is 12.7 Å². The molecule has 0 radical (unpaired) electrons. The lowest BCUT2D eigenvalue weighted by atomic mass is 10.4. The van der Waals surface area contributed by atoms with Gasteiger partial charge in [0, 0.05) is 11.8 Å². The minimum Gasteiger partial charge on any atom is -0.473 e. The molecule has 13 heavy (non-hydrogen) atoms. The third-order valence-electron chi connectivity index (χ3n) is 1.31. The van der Waals surface area contributed by atoms with Crippen LogP contribution in [0.3, 0.4) is 0 Å². The van der Waals surface area contributed by atoms with Gasteiger partial charge in [-0.2, -0.15) is 4.98 Å². The average molecular weight is 180 g/mol. The van der Waals surface area contributed by atoms with E-state index in [2.05, 4.69) is 22.0 Å². The highest BCUT2D eigenvalue weighted by atomic mass is 16.5. The number of rotatable bonds is 4. The second kappa shape index (κ2) is 4.42. The number of nitrogens with zero attached hydrogens (tertiary/aromatic N) is 2. The number of anilines is 1. The molecule has 0 aliphatic rings. The molecule has 1 aromatic rings. The summed E-state index contributed by atoms with van der Waals surface area (Å²) in [5.74, 6) is 6.00. The van der Waals surface area contributed by atoms with Crippen molar-refractivity contribution in [3.8, 4) is 5.88 Å². The summed E-state index contributed by atoms with van der Waals surface area (Å²) < 4.78 is 5.21. The fourth-order valence-corrected chi connectivity index (χ4v) is 0.822. The lowest BCUT2D eigenvalue weighted by molar-refractivity contribution is 0.348. The Morgan fingerprint density at radius 2 is 2.46 bits per heavy atom. The SMILES string of the molecule is C=CCOc1cc(C)nc(NN)n1. The Bertz CT molecular complexity index is 300. The van der Waals surface area contributed by atoms with Gasteiger partial charge in [-0.25, -0.2) is 10.8 Å². The van der Waals surface area contributed by atoms with Crippen molar-refractivity contribution < 1.29 is 4.74 Å². The van der Waals surface area contributed by atoms with E-state index in [4.69, 9.17) is 10.6 Å². The largest absolute Gasteiger partial charge is 0.473 e. The fraction of sp³-hybridized carbons (Fsp3) is 0.250. The van der Waals surface area contributed by atoms with Gasteiger partial charge in [0.15, 0.2) is 0 Å². The van der Waals surface area contributed by atoms with Crippen molar-refractivity contribution in [2.24, 2.45) is 5.84 Å². The summed E-state index contributed by atoms with van der Waals surface area (Å²) in [6, 6.07) is 1.73. The van der Waals surface area contributed by atoms with E-state index < -0.39 is 0 Å². The summed E-state index contributed by atoms with van der Waals surface area (Å²) in [7, 11) is 0. The third kappa shape index (κ3) is 2.72. The summed E-state index contributed by atoms with van der Waals surface area (Å²) in [6.07, 6.45) is 1.65. The number of hydrazine groups is 1. The van der Waals surface area contributed by atoms with Crippen LogP contribution in [-0.4, -0.2) is 16.6 Å². The van der Waals surface area contributed by atoms with Gasteiger partial charge < -0.3 is 4.74 Å². The van der Waals surface area contributed by atoms with E-state index in [0.717, 1.165) is 5.69 Å². The van der Waals surface area contributed by atoms with Gasteiger partial charge in [-0.3, -0.25) is 5.43 Å². The Labute approximate surface area is 76.6 Å². The molecule has 0 fully saturated rings. The predicted molar refractivity (Wildman–Crippen MR) is 50.3 cm³/mol. The number of hydrogen-bond acceptors (Lipinski definition) is 5. The standard InChI is InChI=1S/C8H12N4O/c1-3-4-13-7-5-6(2)10-8(11-7)12-9/h3,5H,1,4,9H2,2H3,(H,10,11,12). The molecule has 1 heterocycles. The molecule has 0 atom stereocenters. The van der Waals surface area contributed by atoms with E-state index in [0.29, 0.717) is 18.4 Å². The highest BCUT2D eigenvalue weighted by Crippen LogP contribution is 2.10. The van der Waals surface area contributed by atoms with E-state index in [9.17, 15) is 0 Å². The molecule has 5 heteroatoms. The molecule has 0 saturated carbocycles. The van der Waals surface area contributed by atoms with Crippen LogP contribution < -0.4 is 16.0 Å². The number of nitrogens with two attached hydrogens (primary N) is 1. The Morgan fingerprint density at radius 1 is 1.69 bits per heavy atom. The topological polar surface area (TPSA) is 73.1 Å². The van der Waals surface area contributed by atoms with Gasteiger partial charge in [0.2, 0.25) is 11.8 Å². The lowest BCUT2D eigenvalue weighted by Gasteiger charge is -2.04. The minimum absolute atomic E-state index is 0.346. The highest BCUT2D eigenvalue weighted by molar-refractivity contribution is 5.28. The predicted octanol–water partition coefficient (Wildman–Crippen LogP) is 0.635. The highest BCUT2D eigenvalue weighted by Gasteiger charge is 2.00. The molecule has 0 aliphatic heterocycles. The Morgan fingerprint density at radius 3 is 3.08 bits per heavy atom. The molecule has 5 nitrogen and oxygen atoms in total. The molecule has 0 spiro atoms. The summed E-state index contributed by atoms with van der Waals surface area (Å²) >= 11 is 0. The maximum Gasteiger partial charge on any atom is 0.240 e. The summed E-state index contributed by atoms with van der Waals surface area (Å²) in [4.78, 5) is 7.98. The molecule has 1 rings (SSSR count). The van der Waals surface area contributed by atoms with Crippen LogP contribution in [0, 0.1) is 6.92 Å². The van der Waals surface area contributed by atoms with E-state index in [1.54, 1.807) is 12.1 Å². The minimum atomic E-state index is 0.346. The van der Waals surface area contributed by atoms with E-state index in [1.807, 2.05) is 6.92 Å². The van der Waals surface area contributed by atoms with Crippen LogP contribution in [0.1, 0.15) is 5.69 Å². The summed E-state index contributed by atoms with van der Waals surface area (Å²) in [5.41, 5.74) is 3.15. The first-order chi connectivity index (χ1) is 6.26. The zero-order chi connectivity index (χ0) is 9.68. The zero-order valence-electron chi connectivity index (χ0n) is 7.45. The van der Waals surface area contributed by atoms with Crippen molar-refractivity contribution in [2.45, 2.75) is 6.92 Å². The molecule has 0 unspecified atom stereocenters. The summed E-state index contributed by atoms with van der Waals surface area (Å²) in [6.45, 7) is 5.79. The van der Waals surface area contributed by atoms with Crippen LogP contribution >= 0.6 is 0 Å². The molecular formula is C8H12N4O. The van der Waals surface area contributed by atoms with Crippen LogP contribution in [0.5, 0.6) is 5.88 Å². The van der Waals surface area contributed by atoms with E-state index in [1.165, 1.54) is 0 Å². The third-order valence-corrected chi connectivity index (χ3v) is 1.31. The zero-order valence-corrected chi connectivity index (χ0v) is 7.45. The van der Waals surface area contributed by atoms with Crippen molar-refractivity contribution in [1.29, 1.82) is 0 Å². The number of nitrogens with one attached hydrogen (secondary N) is 1. The molecule has 3 N–H and O–H groups in total. The number of hydrogen-bond donors (Lipinski definition) is 2. The first-order valence-electron chi connectivity index (χ1n) is 3.82. The Kier molecular flexibility index (Phi) is 3.22. The fourth-order valence-electron chi connectivity index (χ4n) is 0.822. The van der Waals surface area contributed by atoms with Crippen LogP contribution in [0.15, 0.2) is 18.7 Å². The van der Waals surface area contributed by atoms with Crippen molar-refractivity contribution in [3.05, 3.63) is 24.4 Å². The first kappa shape index (κ1) is 9.47. The van der Waals surface area contributed by atoms with Crippen molar-refractivity contribution >= 4 is 5.95 Å². The molecule has 70 valence electrons. The van der Waals surface area contributed by atoms with Gasteiger partial charge in [0.05, 0.1) is 0 Å². The van der Waals surface area contributed by atoms with Crippen LogP contribution in [0.2, 0.25) is 0 Å². The number of ether oxygens (including phenoxy) is 1. The monoisotopic (exact) mass is 180 g/mol. The maximum atomic E-state index is 5.21. The second-order valence-corrected chi connectivity index (χ2v) is 2.42. The van der Waals surface area contributed by atoms with E-state index in [-0.39, 0.29) is 0 Å². The first-order valence-corrected chi connectivity index (χ1v) is 3.82. The number of aromatic nitrogens is 2. The van der Waals surface area contributed by atoms with E-state index >= 15 is 0 Å². The molecule has 0 saturated heterocycles. The van der Waals surface area contributed by atoms with Crippen LogP contribution in [0.4, 0.5) is 5.95 Å². The molecule has 0 amide bonds. The van der Waals surface area contributed by atoms with Gasteiger partial charge >= 0.3 is 0 Å². The molecule has 1 aromatic heterocycles. The average Bonchev–Trinajstić information content (AvgIpc) is 2.14. The number of aryl methyl sites for hydroxylation is 1. The van der Waals surface area contributed by atoms with Crippen molar-refractivity contribution in [3.63, 3.8) is 0 Å². The van der Waals surface area contributed by atoms with Crippen LogP contribution in [0.25, 0.3) is 0 Å². The summed E-state index contributed by atoms with van der Waals surface area (Å²) in [5, 5.41) is 0. The normalized spacial score (nSPS) is 9.38. The van der Waals surface area contributed by atoms with Gasteiger partial charge in [0.1, 0.15) is 6.61 Å². The maximum absolute atomic E-state index is 5.21. The van der Waals surface area contributed by atoms with Gasteiger partial charge in [-0.05, 0) is 6.92 Å². The Balaban J connectivity index is 2.81. The van der Waals surface area contributed by atoms with Gasteiger partial charge in [-0.15, -0.1) is 0 Å². The molecular weight excluding hydrogens is 168 g/mol. The second-order valence-electron chi connectivity index (χ2n) is 2.42. The van der Waals surface area contributed by atoms with Gasteiger partial charge in [0.25, 0.3) is 0 Å². The van der Waals surface area contributed by atoms with Crippen LogP contribution in [-0.2, 0) is 0 Å². The van der Waals surface area contributed by atoms with Crippen molar-refractivity contribution in [2.75, 3.05) is 12.0 Å². The Hall–Kier alpha value is -1.62. The molecule has 0 bridgehead atoms. The lowest BCUT2D eigenvalue weighted by Crippen LogP contribution is -2.11. The quantitative estimate of drug-likeness (QED) is 0.404.